The number of esters is 2. The van der Waals surface area contributed by atoms with Gasteiger partial charge in [-0.05, 0) is 64.6 Å². The van der Waals surface area contributed by atoms with E-state index in [0.717, 1.165) is 70.8 Å². The van der Waals surface area contributed by atoms with Crippen molar-refractivity contribution < 1.29 is 38.1 Å². The standard InChI is InChI=1S/C28H43N3O8/c1-28(2,3)39-27(34)31-12-9-21(10-13-31)8-11-29-14-16-30(17-15-29)22-6-7-23(37-19-25(32)35-4)24(18-22)38-20-26(33)36-5/h6-7,18,21H,8-17,19-20H2,1-5H3. The fraction of sp³-hybridized carbons (Fsp3) is 0.679. The summed E-state index contributed by atoms with van der Waals surface area (Å²) < 4.78 is 26.0. The highest BCUT2D eigenvalue weighted by molar-refractivity contribution is 5.72. The molecule has 0 aliphatic carbocycles. The van der Waals surface area contributed by atoms with Gasteiger partial charge >= 0.3 is 18.0 Å². The van der Waals surface area contributed by atoms with Crippen LogP contribution in [-0.4, -0.2) is 107 Å². The van der Waals surface area contributed by atoms with Gasteiger partial charge in [-0.1, -0.05) is 0 Å². The number of anilines is 1. The van der Waals surface area contributed by atoms with Crippen LogP contribution in [0.4, 0.5) is 10.5 Å². The number of piperazine rings is 1. The second-order valence-electron chi connectivity index (χ2n) is 10.9. The lowest BCUT2D eigenvalue weighted by molar-refractivity contribution is -0.144. The molecule has 0 atom stereocenters. The fourth-order valence-electron chi connectivity index (χ4n) is 4.64. The van der Waals surface area contributed by atoms with Crippen molar-refractivity contribution in [3.05, 3.63) is 18.2 Å². The Kier molecular flexibility index (Phi) is 11.1. The molecular formula is C28H43N3O8. The van der Waals surface area contributed by atoms with Crippen LogP contribution in [0.15, 0.2) is 18.2 Å². The van der Waals surface area contributed by atoms with E-state index in [1.165, 1.54) is 14.2 Å². The topological polar surface area (TPSA) is 107 Å². The van der Waals surface area contributed by atoms with Crippen LogP contribution in [0.5, 0.6) is 11.5 Å². The van der Waals surface area contributed by atoms with Gasteiger partial charge in [0.05, 0.1) is 14.2 Å². The molecule has 2 aliphatic rings. The van der Waals surface area contributed by atoms with Crippen LogP contribution in [0.25, 0.3) is 0 Å². The number of likely N-dealkylation sites (tertiary alicyclic amines) is 1. The zero-order valence-corrected chi connectivity index (χ0v) is 23.9. The number of hydrogen-bond donors (Lipinski definition) is 0. The Morgan fingerprint density at radius 2 is 1.44 bits per heavy atom. The minimum Gasteiger partial charge on any atom is -0.478 e. The summed E-state index contributed by atoms with van der Waals surface area (Å²) in [5, 5.41) is 0. The monoisotopic (exact) mass is 549 g/mol. The smallest absolute Gasteiger partial charge is 0.410 e. The molecule has 39 heavy (non-hydrogen) atoms. The van der Waals surface area contributed by atoms with E-state index in [4.69, 9.17) is 14.2 Å². The maximum Gasteiger partial charge on any atom is 0.410 e. The maximum atomic E-state index is 12.3. The van der Waals surface area contributed by atoms with E-state index in [9.17, 15) is 14.4 Å². The Bertz CT molecular complexity index is 964. The molecule has 0 unspecified atom stereocenters. The number of rotatable bonds is 10. The van der Waals surface area contributed by atoms with E-state index >= 15 is 0 Å². The van der Waals surface area contributed by atoms with E-state index in [-0.39, 0.29) is 19.3 Å². The lowest BCUT2D eigenvalue weighted by Gasteiger charge is -2.38. The molecule has 0 bridgehead atoms. The normalized spacial score (nSPS) is 16.9. The lowest BCUT2D eigenvalue weighted by atomic mass is 9.93. The summed E-state index contributed by atoms with van der Waals surface area (Å²) >= 11 is 0. The summed E-state index contributed by atoms with van der Waals surface area (Å²) in [7, 11) is 2.58. The van der Waals surface area contributed by atoms with Crippen molar-refractivity contribution in [3.63, 3.8) is 0 Å². The second-order valence-corrected chi connectivity index (χ2v) is 10.9. The summed E-state index contributed by atoms with van der Waals surface area (Å²) in [6.07, 6.45) is 2.94. The van der Waals surface area contributed by atoms with Crippen LogP contribution >= 0.6 is 0 Å². The number of ether oxygens (including phenoxy) is 5. The molecule has 11 nitrogen and oxygen atoms in total. The van der Waals surface area contributed by atoms with Gasteiger partial charge in [0, 0.05) is 51.0 Å². The van der Waals surface area contributed by atoms with Crippen molar-refractivity contribution in [1.82, 2.24) is 9.80 Å². The van der Waals surface area contributed by atoms with Crippen LogP contribution in [0.2, 0.25) is 0 Å². The van der Waals surface area contributed by atoms with Crippen LogP contribution in [0.3, 0.4) is 0 Å². The summed E-state index contributed by atoms with van der Waals surface area (Å²) in [5.74, 6) is 0.311. The third kappa shape index (κ3) is 9.80. The van der Waals surface area contributed by atoms with Crippen LogP contribution in [0, 0.1) is 5.92 Å². The number of methoxy groups -OCH3 is 2. The third-order valence-corrected chi connectivity index (χ3v) is 6.93. The van der Waals surface area contributed by atoms with Gasteiger partial charge < -0.3 is 33.5 Å². The van der Waals surface area contributed by atoms with Gasteiger partial charge in [0.2, 0.25) is 0 Å². The summed E-state index contributed by atoms with van der Waals surface area (Å²) in [6.45, 7) is 11.3. The molecule has 0 radical (unpaired) electrons. The molecule has 1 amide bonds. The average molecular weight is 550 g/mol. The minimum atomic E-state index is -0.511. The SMILES string of the molecule is COC(=O)COc1ccc(N2CCN(CCC3CCN(C(=O)OC(C)(C)C)CC3)CC2)cc1OCC(=O)OC. The van der Waals surface area contributed by atoms with E-state index in [2.05, 4.69) is 19.3 Å². The Balaban J connectivity index is 1.46. The highest BCUT2D eigenvalue weighted by Gasteiger charge is 2.27. The number of piperidine rings is 1. The van der Waals surface area contributed by atoms with Crippen molar-refractivity contribution in [2.45, 2.75) is 45.6 Å². The molecule has 2 fully saturated rings. The highest BCUT2D eigenvalue weighted by atomic mass is 16.6. The summed E-state index contributed by atoms with van der Waals surface area (Å²) in [5.41, 5.74) is 0.489. The molecule has 2 saturated heterocycles. The van der Waals surface area contributed by atoms with Crippen LogP contribution < -0.4 is 14.4 Å². The van der Waals surface area contributed by atoms with Crippen molar-refractivity contribution in [3.8, 4) is 11.5 Å². The van der Waals surface area contributed by atoms with Crippen molar-refractivity contribution in [2.75, 3.05) is 78.1 Å². The molecule has 1 aromatic rings. The van der Waals surface area contributed by atoms with Gasteiger partial charge in [-0.2, -0.15) is 0 Å². The van der Waals surface area contributed by atoms with Gasteiger partial charge in [0.1, 0.15) is 5.60 Å². The van der Waals surface area contributed by atoms with Crippen molar-refractivity contribution in [2.24, 2.45) is 5.92 Å². The fourth-order valence-corrected chi connectivity index (χ4v) is 4.64. The Morgan fingerprint density at radius 3 is 2.00 bits per heavy atom. The Hall–Kier alpha value is -3.21. The van der Waals surface area contributed by atoms with Gasteiger partial charge in [0.15, 0.2) is 24.7 Å². The molecule has 0 saturated carbocycles. The molecular weight excluding hydrogens is 506 g/mol. The molecule has 218 valence electrons. The average Bonchev–Trinajstić information content (AvgIpc) is 2.93. The van der Waals surface area contributed by atoms with Gasteiger partial charge in [-0.25, -0.2) is 14.4 Å². The molecule has 0 spiro atoms. The Morgan fingerprint density at radius 1 is 0.846 bits per heavy atom. The minimum absolute atomic E-state index is 0.209. The zero-order valence-electron chi connectivity index (χ0n) is 23.9. The highest BCUT2D eigenvalue weighted by Crippen LogP contribution is 2.33. The molecule has 2 aliphatic heterocycles. The summed E-state index contributed by atoms with van der Waals surface area (Å²) in [6, 6.07) is 5.48. The zero-order chi connectivity index (χ0) is 28.4. The number of nitrogens with zero attached hydrogens (tertiary/aromatic N) is 3. The van der Waals surface area contributed by atoms with Gasteiger partial charge in [0.25, 0.3) is 0 Å². The number of carbonyl (C=O) groups excluding carboxylic acids is 3. The first-order valence-corrected chi connectivity index (χ1v) is 13.6. The third-order valence-electron chi connectivity index (χ3n) is 6.93. The van der Waals surface area contributed by atoms with E-state index in [0.29, 0.717) is 17.4 Å². The first-order valence-electron chi connectivity index (χ1n) is 13.6. The molecule has 0 aromatic heterocycles. The first-order chi connectivity index (χ1) is 18.6. The van der Waals surface area contributed by atoms with E-state index in [1.54, 1.807) is 6.07 Å². The molecule has 1 aromatic carbocycles. The van der Waals surface area contributed by atoms with Crippen molar-refractivity contribution in [1.29, 1.82) is 0 Å². The van der Waals surface area contributed by atoms with Crippen molar-refractivity contribution >= 4 is 23.7 Å². The quantitative estimate of drug-likeness (QED) is 0.319. The van der Waals surface area contributed by atoms with Crippen LogP contribution in [0.1, 0.15) is 40.0 Å². The molecule has 11 heteroatoms. The van der Waals surface area contributed by atoms with Gasteiger partial charge in [-0.3, -0.25) is 4.90 Å². The van der Waals surface area contributed by atoms with Crippen LogP contribution in [-0.2, 0) is 23.8 Å². The first kappa shape index (κ1) is 30.3. The number of hydrogen-bond acceptors (Lipinski definition) is 10. The number of carbonyl (C=O) groups is 3. The molecule has 3 rings (SSSR count). The lowest BCUT2D eigenvalue weighted by Crippen LogP contribution is -2.47. The van der Waals surface area contributed by atoms with E-state index < -0.39 is 17.5 Å². The number of amides is 1. The molecule has 2 heterocycles. The van der Waals surface area contributed by atoms with Gasteiger partial charge in [-0.15, -0.1) is 0 Å². The largest absolute Gasteiger partial charge is 0.478 e. The predicted molar refractivity (Wildman–Crippen MR) is 145 cm³/mol. The summed E-state index contributed by atoms with van der Waals surface area (Å²) in [4.78, 5) is 42.0. The predicted octanol–water partition coefficient (Wildman–Crippen LogP) is 2.95. The Labute approximate surface area is 231 Å². The maximum absolute atomic E-state index is 12.3. The second kappa shape index (κ2) is 14.3. The number of benzene rings is 1. The van der Waals surface area contributed by atoms with E-state index in [1.807, 2.05) is 37.8 Å². The molecule has 0 N–H and O–H groups in total.